The molecule has 0 fully saturated rings. The Hall–Kier alpha value is -2.08. The van der Waals surface area contributed by atoms with Crippen molar-refractivity contribution in [2.24, 2.45) is 0 Å². The monoisotopic (exact) mass is 423 g/mol. The van der Waals surface area contributed by atoms with E-state index in [0.29, 0.717) is 33.0 Å². The summed E-state index contributed by atoms with van der Waals surface area (Å²) in [4.78, 5) is 14.6. The molecule has 3 aromatic rings. The molecule has 2 aromatic carbocycles. The molecule has 3 rings (SSSR count). The molecule has 0 saturated heterocycles. The smallest absolute Gasteiger partial charge is 0.256 e. The van der Waals surface area contributed by atoms with E-state index in [0.717, 1.165) is 0 Å². The van der Waals surface area contributed by atoms with Crippen molar-refractivity contribution in [1.82, 2.24) is 15.1 Å². The van der Waals surface area contributed by atoms with Crippen LogP contribution in [0, 0.1) is 0 Å². The molecule has 0 aliphatic carbocycles. The molecule has 0 unspecified atom stereocenters. The van der Waals surface area contributed by atoms with Crippen LogP contribution in [-0.2, 0) is 6.54 Å². The van der Waals surface area contributed by atoms with E-state index in [1.54, 1.807) is 35.2 Å². The van der Waals surface area contributed by atoms with Crippen molar-refractivity contribution in [2.75, 3.05) is 0 Å². The average molecular weight is 425 g/mol. The van der Waals surface area contributed by atoms with Gasteiger partial charge in [-0.1, -0.05) is 53.0 Å². The van der Waals surface area contributed by atoms with E-state index in [1.807, 2.05) is 26.0 Å². The minimum Gasteiger partial charge on any atom is -0.419 e. The molecule has 140 valence electrons. The number of amides is 1. The number of carbonyl (C=O) groups is 1. The zero-order valence-electron chi connectivity index (χ0n) is 14.6. The van der Waals surface area contributed by atoms with Gasteiger partial charge in [0.05, 0.1) is 32.7 Å². The first-order valence-electron chi connectivity index (χ1n) is 8.20. The second-order valence-electron chi connectivity index (χ2n) is 6.11. The number of nitrogens with zero attached hydrogens (tertiary/aromatic N) is 3. The van der Waals surface area contributed by atoms with E-state index in [9.17, 15) is 4.79 Å². The third kappa shape index (κ3) is 4.26. The van der Waals surface area contributed by atoms with Gasteiger partial charge in [-0.05, 0) is 38.1 Å². The standard InChI is InChI=1S/C19H16Cl3N3O2/c1-11(2)25(19(26)13-7-5-9-15(21)17(13)22)10-16-23-24-18(27-16)12-6-3-4-8-14(12)20/h3-9,11H,10H2,1-2H3. The van der Waals surface area contributed by atoms with E-state index >= 15 is 0 Å². The Kier molecular flexibility index (Phi) is 6.05. The van der Waals surface area contributed by atoms with Crippen LogP contribution < -0.4 is 0 Å². The SMILES string of the molecule is CC(C)N(Cc1nnc(-c2ccccc2Cl)o1)C(=O)c1cccc(Cl)c1Cl. The third-order valence-electron chi connectivity index (χ3n) is 3.94. The second kappa shape index (κ2) is 8.30. The van der Waals surface area contributed by atoms with E-state index in [2.05, 4.69) is 10.2 Å². The molecule has 1 amide bonds. The first-order valence-corrected chi connectivity index (χ1v) is 9.34. The van der Waals surface area contributed by atoms with Gasteiger partial charge in [-0.25, -0.2) is 0 Å². The third-order valence-corrected chi connectivity index (χ3v) is 5.09. The summed E-state index contributed by atoms with van der Waals surface area (Å²) in [7, 11) is 0. The molecule has 0 bridgehead atoms. The molecule has 27 heavy (non-hydrogen) atoms. The molecule has 0 atom stereocenters. The fourth-order valence-corrected chi connectivity index (χ4v) is 3.12. The lowest BCUT2D eigenvalue weighted by Crippen LogP contribution is -2.36. The number of hydrogen-bond donors (Lipinski definition) is 0. The minimum absolute atomic E-state index is 0.122. The van der Waals surface area contributed by atoms with Crippen LogP contribution in [0.5, 0.6) is 0 Å². The van der Waals surface area contributed by atoms with Crippen molar-refractivity contribution < 1.29 is 9.21 Å². The molecular formula is C19H16Cl3N3O2. The highest BCUT2D eigenvalue weighted by atomic mass is 35.5. The molecule has 8 heteroatoms. The largest absolute Gasteiger partial charge is 0.419 e. The van der Waals surface area contributed by atoms with Crippen molar-refractivity contribution in [3.8, 4) is 11.5 Å². The molecule has 0 radical (unpaired) electrons. The summed E-state index contributed by atoms with van der Waals surface area (Å²) < 4.78 is 5.71. The lowest BCUT2D eigenvalue weighted by Gasteiger charge is -2.25. The number of rotatable bonds is 5. The fraction of sp³-hybridized carbons (Fsp3) is 0.211. The second-order valence-corrected chi connectivity index (χ2v) is 7.30. The lowest BCUT2D eigenvalue weighted by atomic mass is 10.1. The Labute approximate surface area is 171 Å². The van der Waals surface area contributed by atoms with E-state index in [-0.39, 0.29) is 23.5 Å². The number of benzene rings is 2. The zero-order valence-corrected chi connectivity index (χ0v) is 16.9. The zero-order chi connectivity index (χ0) is 19.6. The van der Waals surface area contributed by atoms with Crippen molar-refractivity contribution in [2.45, 2.75) is 26.4 Å². The van der Waals surface area contributed by atoms with Crippen molar-refractivity contribution in [3.05, 3.63) is 69.0 Å². The molecular weight excluding hydrogens is 409 g/mol. The summed E-state index contributed by atoms with van der Waals surface area (Å²) in [6.07, 6.45) is 0. The maximum Gasteiger partial charge on any atom is 0.256 e. The van der Waals surface area contributed by atoms with Gasteiger partial charge in [-0.15, -0.1) is 10.2 Å². The first kappa shape index (κ1) is 19.7. The molecule has 0 aliphatic rings. The van der Waals surface area contributed by atoms with Gasteiger partial charge in [0, 0.05) is 6.04 Å². The summed E-state index contributed by atoms with van der Waals surface area (Å²) in [5.74, 6) is 0.327. The topological polar surface area (TPSA) is 59.2 Å². The summed E-state index contributed by atoms with van der Waals surface area (Å²) in [5.41, 5.74) is 0.960. The van der Waals surface area contributed by atoms with E-state index in [4.69, 9.17) is 39.2 Å². The Morgan fingerprint density at radius 1 is 1.04 bits per heavy atom. The summed E-state index contributed by atoms with van der Waals surface area (Å²) in [6, 6.07) is 12.0. The van der Waals surface area contributed by atoms with E-state index in [1.165, 1.54) is 0 Å². The molecule has 1 heterocycles. The minimum atomic E-state index is -0.269. The molecule has 5 nitrogen and oxygen atoms in total. The Morgan fingerprint density at radius 2 is 1.74 bits per heavy atom. The highest BCUT2D eigenvalue weighted by molar-refractivity contribution is 6.43. The van der Waals surface area contributed by atoms with Gasteiger partial charge in [0.2, 0.25) is 11.8 Å². The van der Waals surface area contributed by atoms with Gasteiger partial charge < -0.3 is 9.32 Å². The van der Waals surface area contributed by atoms with Crippen molar-refractivity contribution in [3.63, 3.8) is 0 Å². The Morgan fingerprint density at radius 3 is 2.44 bits per heavy atom. The molecule has 0 spiro atoms. The Balaban J connectivity index is 1.87. The van der Waals surface area contributed by atoms with Gasteiger partial charge in [0.15, 0.2) is 0 Å². The van der Waals surface area contributed by atoms with Gasteiger partial charge >= 0.3 is 0 Å². The maximum atomic E-state index is 13.0. The molecule has 0 saturated carbocycles. The van der Waals surface area contributed by atoms with Crippen LogP contribution in [0.4, 0.5) is 0 Å². The molecule has 0 aliphatic heterocycles. The number of hydrogen-bond acceptors (Lipinski definition) is 4. The first-order chi connectivity index (χ1) is 12.9. The van der Waals surface area contributed by atoms with Crippen molar-refractivity contribution in [1.29, 1.82) is 0 Å². The lowest BCUT2D eigenvalue weighted by molar-refractivity contribution is 0.0672. The fourth-order valence-electron chi connectivity index (χ4n) is 2.52. The summed E-state index contributed by atoms with van der Waals surface area (Å²) in [5, 5.41) is 9.13. The van der Waals surface area contributed by atoms with Crippen LogP contribution in [0.25, 0.3) is 11.5 Å². The van der Waals surface area contributed by atoms with Gasteiger partial charge in [0.25, 0.3) is 5.91 Å². The number of halogens is 3. The predicted octanol–water partition coefficient (Wildman–Crippen LogP) is 5.75. The summed E-state index contributed by atoms with van der Waals surface area (Å²) in [6.45, 7) is 3.92. The van der Waals surface area contributed by atoms with Crippen LogP contribution in [0.3, 0.4) is 0 Å². The quantitative estimate of drug-likeness (QED) is 0.523. The van der Waals surface area contributed by atoms with Crippen molar-refractivity contribution >= 4 is 40.7 Å². The van der Waals surface area contributed by atoms with Crippen LogP contribution in [0.2, 0.25) is 15.1 Å². The van der Waals surface area contributed by atoms with Crippen LogP contribution in [-0.4, -0.2) is 27.0 Å². The predicted molar refractivity (Wildman–Crippen MR) is 106 cm³/mol. The highest BCUT2D eigenvalue weighted by Gasteiger charge is 2.24. The molecule has 1 aromatic heterocycles. The average Bonchev–Trinajstić information content (AvgIpc) is 3.10. The van der Waals surface area contributed by atoms with Crippen LogP contribution in [0.1, 0.15) is 30.1 Å². The normalized spacial score (nSPS) is 11.0. The van der Waals surface area contributed by atoms with Crippen LogP contribution in [0.15, 0.2) is 46.9 Å². The van der Waals surface area contributed by atoms with Gasteiger partial charge in [0.1, 0.15) is 0 Å². The molecule has 0 N–H and O–H groups in total. The summed E-state index contributed by atoms with van der Waals surface area (Å²) >= 11 is 18.4. The van der Waals surface area contributed by atoms with E-state index < -0.39 is 0 Å². The Bertz CT molecular complexity index is 972. The van der Waals surface area contributed by atoms with Gasteiger partial charge in [-0.2, -0.15) is 0 Å². The van der Waals surface area contributed by atoms with Gasteiger partial charge in [-0.3, -0.25) is 4.79 Å². The number of carbonyl (C=O) groups excluding carboxylic acids is 1. The maximum absolute atomic E-state index is 13.0. The highest BCUT2D eigenvalue weighted by Crippen LogP contribution is 2.29. The number of aromatic nitrogens is 2. The van der Waals surface area contributed by atoms with Crippen LogP contribution >= 0.6 is 34.8 Å².